The van der Waals surface area contributed by atoms with Crippen LogP contribution in [0.5, 0.6) is 57.5 Å². The molecule has 4 aliphatic carbocycles. The number of phenols is 3. The van der Waals surface area contributed by atoms with E-state index < -0.39 is 237 Å². The van der Waals surface area contributed by atoms with Crippen LogP contribution in [0, 0.1) is 29.6 Å². The standard InChI is InChI=1S/C91H113Cl2N13O26/c1-39(2)22-56(97-7)82(117)105-73-75(112)44-11-15-60(53(92)29-44)128-63-31-48-32-64(79(63)132-89-80(78(115)77(114)65(38-107)130-89)131-67-37-91(4,94)81(116)40(3)127-67)129-61-16-12-45(30-54(61)93)76(113)74-88(123)104-72(86(121)101-69-46-24-41-23-42(26-46)27-47(69)25-41)52-33-49(108)34-59(110)68(52)51-28-43(10-14-58(51)109)70(84(119)106-74)103-85(120)71(48)102-83(118)57(98-87(73)122)36-66(111)100-90(124)99-55-35-50(125-20-8-18-95-5)13-17-62(55)126-21-9-19-96-6/h10-17,28-35,39-42,46-47,56-57,65,67,69-78,80-81,89,95-97,107-110,112-116H,8-9,18-27,36-38,94H2,1-7H3,(H,98,122)(H,101,121)(H,102,118)(H,103,120)(H,104,123)(H,105,117)(H,106,119)(H2,99,100,111,124)/t40-,41?,42?,46?,47?,56+,57-,65+,67-,69?,70+,71+,72-,73+,74-,75+,76+,77+,78-,80+,81+,89-,91-/m0/s1. The molecule has 0 radical (unpaired) electrons. The maximum Gasteiger partial charge on any atom is 0.325 e. The number of aromatic hydroxyl groups is 3. The van der Waals surface area contributed by atoms with Crippen LogP contribution in [-0.4, -0.2) is 238 Å². The lowest BCUT2D eigenvalue weighted by molar-refractivity contribution is -0.333. The first kappa shape index (κ1) is 97.0. The van der Waals surface area contributed by atoms with Gasteiger partial charge in [-0.3, -0.25) is 43.7 Å². The summed E-state index contributed by atoms with van der Waals surface area (Å²) < 4.78 is 51.2. The maximum absolute atomic E-state index is 16.8. The van der Waals surface area contributed by atoms with Crippen molar-refractivity contribution in [2.45, 2.75) is 207 Å². The summed E-state index contributed by atoms with van der Waals surface area (Å²) in [6.45, 7) is 7.20. The topological polar surface area (TPSA) is 580 Å². The zero-order chi connectivity index (χ0) is 94.6. The molecule has 4 saturated carbocycles. The highest BCUT2D eigenvalue weighted by Gasteiger charge is 2.53. The van der Waals surface area contributed by atoms with Crippen LogP contribution < -0.4 is 93.2 Å². The molecule has 7 aliphatic heterocycles. The third-order valence-corrected chi connectivity index (χ3v) is 26.0. The van der Waals surface area contributed by atoms with Crippen molar-refractivity contribution in [1.29, 1.82) is 0 Å². The number of ether oxygens (including phenoxy) is 8. The smallest absolute Gasteiger partial charge is 0.325 e. The minimum Gasteiger partial charge on any atom is -0.508 e. The second-order valence-electron chi connectivity index (χ2n) is 35.6. The third kappa shape index (κ3) is 21.8. The van der Waals surface area contributed by atoms with Crippen molar-refractivity contribution >= 4 is 82.2 Å². The SMILES string of the molecule is CNCCCOc1ccc(OCCCNC)c(NC(=O)NC(=O)C[C@@H]2NC(=O)[C@H](NC(=O)[C@@H](CC(C)C)NC)[C@H](O)c3ccc(c(Cl)c3)Oc3cc4cc(c3O[C@@H]3O[C@H](CO)[C@@H](O)[C@H](O)[C@H]3O[C@H]3C[C@](C)(N)[C@H](O)[C@H](C)O3)Oc3ccc(cc3Cl)[C@@H](O)[C@@H]3NC(=O)[C@H](NC(=O)[C@@H]4NC2=O)c2ccc(O)c(c2)-c2c(O)cc(O)cc2[C@@H](C(=O)NC2C4CC5CC(C4)CC2C5)NC3=O)c1. The number of hydrogen-bond donors (Lipinski definition) is 22. The van der Waals surface area contributed by atoms with Gasteiger partial charge in [-0.15, -0.1) is 0 Å². The molecule has 0 spiro atoms. The summed E-state index contributed by atoms with van der Waals surface area (Å²) in [5, 5.41) is 139. The second-order valence-corrected chi connectivity index (χ2v) is 36.5. The number of carbonyl (C=O) groups excluding carboxylic acids is 9. The van der Waals surface area contributed by atoms with Crippen molar-refractivity contribution in [2.75, 3.05) is 59.4 Å². The zero-order valence-electron chi connectivity index (χ0n) is 73.4. The molecule has 132 heavy (non-hydrogen) atoms. The zero-order valence-corrected chi connectivity index (χ0v) is 74.9. The van der Waals surface area contributed by atoms with Crippen molar-refractivity contribution < 1.29 is 127 Å². The van der Waals surface area contributed by atoms with E-state index in [1.807, 2.05) is 13.8 Å². The molecule has 17 rings (SSSR count). The number of phenolic OH excluding ortho intramolecular Hbond substituents is 3. The van der Waals surface area contributed by atoms with E-state index in [4.69, 9.17) is 66.8 Å². The van der Waals surface area contributed by atoms with E-state index in [0.717, 1.165) is 86.7 Å². The highest BCUT2D eigenvalue weighted by molar-refractivity contribution is 6.32. The van der Waals surface area contributed by atoms with E-state index in [0.29, 0.717) is 37.8 Å². The van der Waals surface area contributed by atoms with E-state index in [2.05, 4.69) is 63.8 Å². The van der Waals surface area contributed by atoms with Crippen molar-refractivity contribution in [2.24, 2.45) is 35.3 Å². The minimum absolute atomic E-state index is 0.00489. The van der Waals surface area contributed by atoms with Gasteiger partial charge in [0.15, 0.2) is 23.9 Å². The maximum atomic E-state index is 16.8. The lowest BCUT2D eigenvalue weighted by Gasteiger charge is -2.54. The van der Waals surface area contributed by atoms with Gasteiger partial charge in [-0.2, -0.15) is 0 Å². The average molecular weight is 1880 g/mol. The van der Waals surface area contributed by atoms with Gasteiger partial charge in [-0.1, -0.05) is 55.2 Å². The molecule has 6 fully saturated rings. The molecule has 6 aromatic carbocycles. The molecular weight excluding hydrogens is 1760 g/mol. The van der Waals surface area contributed by atoms with E-state index in [1.165, 1.54) is 57.3 Å². The van der Waals surface area contributed by atoms with Gasteiger partial charge in [0, 0.05) is 41.3 Å². The number of urea groups is 1. The Morgan fingerprint density at radius 3 is 1.89 bits per heavy atom. The molecule has 712 valence electrons. The number of halogens is 2. The first-order valence-corrected chi connectivity index (χ1v) is 44.8. The lowest BCUT2D eigenvalue weighted by atomic mass is 9.54. The molecule has 18 atom stereocenters. The van der Waals surface area contributed by atoms with Gasteiger partial charge in [0.05, 0.1) is 60.2 Å². The number of benzene rings is 6. The first-order valence-electron chi connectivity index (χ1n) is 44.0. The Kier molecular flexibility index (Phi) is 30.6. The summed E-state index contributed by atoms with van der Waals surface area (Å²) in [6.07, 6.45) is -13.7. The number of nitrogens with one attached hydrogen (secondary N) is 12. The van der Waals surface area contributed by atoms with Crippen molar-refractivity contribution in [3.05, 3.63) is 135 Å². The van der Waals surface area contributed by atoms with Gasteiger partial charge in [-0.25, -0.2) is 4.79 Å². The molecule has 6 aromatic rings. The van der Waals surface area contributed by atoms with E-state index in [9.17, 15) is 55.5 Å². The van der Waals surface area contributed by atoms with Crippen molar-refractivity contribution in [3.8, 4) is 68.6 Å². The number of amides is 10. The fourth-order valence-electron chi connectivity index (χ4n) is 18.9. The number of rotatable bonds is 25. The molecule has 15 bridgehead atoms. The molecule has 23 N–H and O–H groups in total. The first-order chi connectivity index (χ1) is 63.0. The Labute approximate surface area is 769 Å². The molecule has 41 heteroatoms. The fraction of sp³-hybridized carbons (Fsp3) is 0.505. The monoisotopic (exact) mass is 1870 g/mol. The van der Waals surface area contributed by atoms with Gasteiger partial charge >= 0.3 is 6.03 Å². The number of nitrogens with two attached hydrogens (primary N) is 1. The Bertz CT molecular complexity index is 5280. The van der Waals surface area contributed by atoms with Gasteiger partial charge in [0.2, 0.25) is 59.3 Å². The largest absolute Gasteiger partial charge is 0.508 e. The number of fused-ring (bicyclic) bond motifs is 15. The summed E-state index contributed by atoms with van der Waals surface area (Å²) in [5.74, 6) is -13.6. The van der Waals surface area contributed by atoms with Crippen LogP contribution >= 0.6 is 23.2 Å². The summed E-state index contributed by atoms with van der Waals surface area (Å²) >= 11 is 14.6. The number of hydrogen-bond acceptors (Lipinski definition) is 30. The molecule has 0 unspecified atom stereocenters. The molecule has 7 heterocycles. The van der Waals surface area contributed by atoms with Crippen LogP contribution in [0.1, 0.15) is 150 Å². The average Bonchev–Trinajstić information content (AvgIpc) is 0.751. The van der Waals surface area contributed by atoms with Crippen LogP contribution in [0.2, 0.25) is 10.0 Å². The third-order valence-electron chi connectivity index (χ3n) is 25.4. The number of aliphatic hydroxyl groups excluding tert-OH is 6. The lowest BCUT2D eigenvalue weighted by Crippen LogP contribution is -2.64. The number of likely N-dealkylation sites (N-methyl/N-ethyl adjacent to an activating group) is 1. The van der Waals surface area contributed by atoms with Gasteiger partial charge < -0.3 is 148 Å². The van der Waals surface area contributed by atoms with Gasteiger partial charge in [-0.05, 0) is 224 Å². The van der Waals surface area contributed by atoms with E-state index in [-0.39, 0.29) is 100 Å². The van der Waals surface area contributed by atoms with Gasteiger partial charge in [0.1, 0.15) is 107 Å². The highest BCUT2D eigenvalue weighted by atomic mass is 35.5. The number of imide groups is 1. The number of carbonyl (C=O) groups is 9. The van der Waals surface area contributed by atoms with E-state index in [1.54, 1.807) is 20.2 Å². The number of anilines is 1. The summed E-state index contributed by atoms with van der Waals surface area (Å²) in [5.41, 5.74) is 2.85. The summed E-state index contributed by atoms with van der Waals surface area (Å²) in [4.78, 5) is 140. The van der Waals surface area contributed by atoms with Crippen LogP contribution in [0.4, 0.5) is 10.5 Å². The minimum atomic E-state index is -2.45. The Morgan fingerprint density at radius 1 is 0.644 bits per heavy atom. The van der Waals surface area contributed by atoms with Gasteiger partial charge in [0.25, 0.3) is 0 Å². The Balaban J connectivity index is 0.952. The van der Waals surface area contributed by atoms with Crippen molar-refractivity contribution in [3.63, 3.8) is 0 Å². The summed E-state index contributed by atoms with van der Waals surface area (Å²) in [7, 11) is 4.99. The molecule has 0 aromatic heterocycles. The fourth-order valence-corrected chi connectivity index (χ4v) is 19.4. The van der Waals surface area contributed by atoms with Crippen LogP contribution in [0.15, 0.2) is 97.1 Å². The van der Waals surface area contributed by atoms with E-state index >= 15 is 33.6 Å². The predicted octanol–water partition coefficient (Wildman–Crippen LogP) is 3.80. The highest BCUT2D eigenvalue weighted by Crippen LogP contribution is 2.55. The normalized spacial score (nSPS) is 29.3. The predicted molar refractivity (Wildman–Crippen MR) is 473 cm³/mol. The molecule has 11 aliphatic rings. The molecule has 2 saturated heterocycles. The van der Waals surface area contributed by atoms with Crippen LogP contribution in [0.25, 0.3) is 11.1 Å². The molecule has 39 nitrogen and oxygen atoms in total. The van der Waals surface area contributed by atoms with Crippen LogP contribution in [0.3, 0.4) is 0 Å². The summed E-state index contributed by atoms with van der Waals surface area (Å²) in [6, 6.07) is 2.94. The number of aliphatic hydroxyl groups is 6. The van der Waals surface area contributed by atoms with Crippen LogP contribution in [-0.2, 0) is 52.6 Å². The molecule has 10 amide bonds. The quantitative estimate of drug-likeness (QED) is 0.0362. The Hall–Kier alpha value is -11.0. The Morgan fingerprint density at radius 2 is 1.27 bits per heavy atom. The molecular formula is C91H113Cl2N13O26. The van der Waals surface area contributed by atoms with Crippen molar-refractivity contribution in [1.82, 2.24) is 58.5 Å². The second kappa shape index (κ2) is 41.7.